The van der Waals surface area contributed by atoms with Crippen molar-refractivity contribution in [1.29, 1.82) is 0 Å². The number of rotatable bonds is 3. The van der Waals surface area contributed by atoms with Crippen LogP contribution in [-0.2, 0) is 10.0 Å². The average Bonchev–Trinajstić information content (AvgIpc) is 2.38. The number of hydrogen-bond acceptors (Lipinski definition) is 4. The number of benzene rings is 1. The van der Waals surface area contributed by atoms with Gasteiger partial charge in [-0.05, 0) is 24.6 Å². The third kappa shape index (κ3) is 3.46. The van der Waals surface area contributed by atoms with Crippen LogP contribution in [0.4, 0.5) is 5.69 Å². The molecule has 0 saturated carbocycles. The van der Waals surface area contributed by atoms with Crippen LogP contribution in [0.2, 0.25) is 0 Å². The first kappa shape index (κ1) is 14.3. The van der Waals surface area contributed by atoms with Gasteiger partial charge in [0.15, 0.2) is 0 Å². The van der Waals surface area contributed by atoms with Crippen molar-refractivity contribution < 1.29 is 8.42 Å². The molecule has 1 aromatic carbocycles. The van der Waals surface area contributed by atoms with Crippen molar-refractivity contribution in [3.63, 3.8) is 0 Å². The fourth-order valence-corrected chi connectivity index (χ4v) is 3.09. The van der Waals surface area contributed by atoms with E-state index in [1.807, 2.05) is 19.1 Å². The number of piperazine rings is 1. The molecule has 106 valence electrons. The smallest absolute Gasteiger partial charge is 0.211 e. The molecule has 19 heavy (non-hydrogen) atoms. The van der Waals surface area contributed by atoms with E-state index in [9.17, 15) is 8.42 Å². The van der Waals surface area contributed by atoms with Gasteiger partial charge >= 0.3 is 0 Å². The first-order valence-electron chi connectivity index (χ1n) is 6.43. The van der Waals surface area contributed by atoms with Gasteiger partial charge in [0.05, 0.1) is 6.26 Å². The van der Waals surface area contributed by atoms with Crippen LogP contribution in [0.3, 0.4) is 0 Å². The van der Waals surface area contributed by atoms with Gasteiger partial charge in [-0.25, -0.2) is 8.42 Å². The maximum atomic E-state index is 11.4. The van der Waals surface area contributed by atoms with Crippen LogP contribution in [-0.4, -0.2) is 45.2 Å². The van der Waals surface area contributed by atoms with Gasteiger partial charge in [-0.2, -0.15) is 4.31 Å². The van der Waals surface area contributed by atoms with Gasteiger partial charge in [-0.1, -0.05) is 12.1 Å². The minimum atomic E-state index is -3.06. The van der Waals surface area contributed by atoms with Crippen molar-refractivity contribution in [2.75, 3.05) is 37.3 Å². The second kappa shape index (κ2) is 5.48. The highest BCUT2D eigenvalue weighted by molar-refractivity contribution is 7.88. The van der Waals surface area contributed by atoms with Gasteiger partial charge in [0.1, 0.15) is 0 Å². The number of sulfonamides is 1. The van der Waals surface area contributed by atoms with Gasteiger partial charge in [0.2, 0.25) is 10.0 Å². The van der Waals surface area contributed by atoms with E-state index in [2.05, 4.69) is 17.0 Å². The lowest BCUT2D eigenvalue weighted by Crippen LogP contribution is -2.48. The Kier molecular flexibility index (Phi) is 4.13. The highest BCUT2D eigenvalue weighted by Crippen LogP contribution is 2.20. The Morgan fingerprint density at radius 3 is 2.05 bits per heavy atom. The molecule has 1 unspecified atom stereocenters. The Hall–Kier alpha value is -1.11. The summed E-state index contributed by atoms with van der Waals surface area (Å²) in [5.74, 6) is 0. The van der Waals surface area contributed by atoms with Crippen LogP contribution in [0.25, 0.3) is 0 Å². The zero-order valence-corrected chi connectivity index (χ0v) is 12.2. The molecular formula is C13H21N3O2S. The lowest BCUT2D eigenvalue weighted by molar-refractivity contribution is 0.388. The lowest BCUT2D eigenvalue weighted by Gasteiger charge is -2.34. The van der Waals surface area contributed by atoms with Crippen LogP contribution in [0.1, 0.15) is 18.5 Å². The Balaban J connectivity index is 2.02. The predicted octanol–water partition coefficient (Wildman–Crippen LogP) is 0.788. The van der Waals surface area contributed by atoms with Crippen molar-refractivity contribution in [2.24, 2.45) is 5.73 Å². The zero-order valence-electron chi connectivity index (χ0n) is 11.4. The molecule has 0 bridgehead atoms. The largest absolute Gasteiger partial charge is 0.369 e. The van der Waals surface area contributed by atoms with Crippen LogP contribution < -0.4 is 10.6 Å². The third-order valence-electron chi connectivity index (χ3n) is 3.49. The molecule has 2 rings (SSSR count). The Morgan fingerprint density at radius 2 is 1.63 bits per heavy atom. The second-order valence-corrected chi connectivity index (χ2v) is 7.01. The molecule has 0 spiro atoms. The lowest BCUT2D eigenvalue weighted by atomic mass is 10.1. The molecule has 1 aromatic rings. The fourth-order valence-electron chi connectivity index (χ4n) is 2.27. The topological polar surface area (TPSA) is 66.6 Å². The summed E-state index contributed by atoms with van der Waals surface area (Å²) in [5.41, 5.74) is 8.05. The average molecular weight is 283 g/mol. The number of hydrogen-bond donors (Lipinski definition) is 1. The third-order valence-corrected chi connectivity index (χ3v) is 4.79. The van der Waals surface area contributed by atoms with Gasteiger partial charge in [0.25, 0.3) is 0 Å². The molecule has 1 saturated heterocycles. The summed E-state index contributed by atoms with van der Waals surface area (Å²) in [6, 6.07) is 8.20. The van der Waals surface area contributed by atoms with Gasteiger partial charge < -0.3 is 10.6 Å². The summed E-state index contributed by atoms with van der Waals surface area (Å²) < 4.78 is 24.4. The molecule has 2 N–H and O–H groups in total. The molecule has 6 heteroatoms. The maximum Gasteiger partial charge on any atom is 0.211 e. The van der Waals surface area contributed by atoms with Gasteiger partial charge in [-0.3, -0.25) is 0 Å². The maximum absolute atomic E-state index is 11.4. The SMILES string of the molecule is CC(N)c1ccc(N2CCN(S(C)(=O)=O)CC2)cc1. The van der Waals surface area contributed by atoms with Crippen LogP contribution >= 0.6 is 0 Å². The van der Waals surface area contributed by atoms with E-state index in [1.165, 1.54) is 10.6 Å². The summed E-state index contributed by atoms with van der Waals surface area (Å²) in [7, 11) is -3.06. The molecular weight excluding hydrogens is 262 g/mol. The van der Waals surface area contributed by atoms with Gasteiger partial charge in [0, 0.05) is 37.9 Å². The normalized spacial score (nSPS) is 19.4. The van der Waals surface area contributed by atoms with Crippen LogP contribution in [0.5, 0.6) is 0 Å². The van der Waals surface area contributed by atoms with E-state index in [0.29, 0.717) is 13.1 Å². The van der Waals surface area contributed by atoms with E-state index in [1.54, 1.807) is 0 Å². The minimum Gasteiger partial charge on any atom is -0.369 e. The van der Waals surface area contributed by atoms with Crippen molar-refractivity contribution in [1.82, 2.24) is 4.31 Å². The van der Waals surface area contributed by atoms with Gasteiger partial charge in [-0.15, -0.1) is 0 Å². The summed E-state index contributed by atoms with van der Waals surface area (Å²) in [5, 5.41) is 0. The molecule has 1 heterocycles. The van der Waals surface area contributed by atoms with Crippen molar-refractivity contribution in [2.45, 2.75) is 13.0 Å². The summed E-state index contributed by atoms with van der Waals surface area (Å²) >= 11 is 0. The summed E-state index contributed by atoms with van der Waals surface area (Å²) in [6.07, 6.45) is 1.26. The number of anilines is 1. The Labute approximate surface area is 115 Å². The summed E-state index contributed by atoms with van der Waals surface area (Å²) in [6.45, 7) is 4.51. The van der Waals surface area contributed by atoms with E-state index in [0.717, 1.165) is 24.3 Å². The van der Waals surface area contributed by atoms with Crippen molar-refractivity contribution in [3.05, 3.63) is 29.8 Å². The monoisotopic (exact) mass is 283 g/mol. The van der Waals surface area contributed by atoms with E-state index in [4.69, 9.17) is 5.73 Å². The summed E-state index contributed by atoms with van der Waals surface area (Å²) in [4.78, 5) is 2.20. The van der Waals surface area contributed by atoms with E-state index >= 15 is 0 Å². The molecule has 1 atom stereocenters. The molecule has 1 aliphatic heterocycles. The first-order chi connectivity index (χ1) is 8.88. The van der Waals surface area contributed by atoms with E-state index in [-0.39, 0.29) is 6.04 Å². The predicted molar refractivity (Wildman–Crippen MR) is 77.7 cm³/mol. The second-order valence-electron chi connectivity index (χ2n) is 5.03. The first-order valence-corrected chi connectivity index (χ1v) is 8.28. The molecule has 0 aromatic heterocycles. The standard InChI is InChI=1S/C13H21N3O2S/c1-11(14)12-3-5-13(6-4-12)15-7-9-16(10-8-15)19(2,17)18/h3-6,11H,7-10,14H2,1-2H3. The molecule has 1 fully saturated rings. The Bertz CT molecular complexity index is 517. The molecule has 0 radical (unpaired) electrons. The highest BCUT2D eigenvalue weighted by Gasteiger charge is 2.23. The Morgan fingerprint density at radius 1 is 1.11 bits per heavy atom. The van der Waals surface area contributed by atoms with Crippen molar-refractivity contribution >= 4 is 15.7 Å². The van der Waals surface area contributed by atoms with E-state index < -0.39 is 10.0 Å². The highest BCUT2D eigenvalue weighted by atomic mass is 32.2. The molecule has 0 amide bonds. The minimum absolute atomic E-state index is 0.0381. The molecule has 0 aliphatic carbocycles. The molecule has 5 nitrogen and oxygen atoms in total. The van der Waals surface area contributed by atoms with Crippen LogP contribution in [0, 0.1) is 0 Å². The fraction of sp³-hybridized carbons (Fsp3) is 0.538. The van der Waals surface area contributed by atoms with Crippen molar-refractivity contribution in [3.8, 4) is 0 Å². The number of nitrogens with two attached hydrogens (primary N) is 1. The van der Waals surface area contributed by atoms with Crippen LogP contribution in [0.15, 0.2) is 24.3 Å². The quantitative estimate of drug-likeness (QED) is 0.890. The zero-order chi connectivity index (χ0) is 14.0. The molecule has 1 aliphatic rings. The number of nitrogens with zero attached hydrogens (tertiary/aromatic N) is 2.